The summed E-state index contributed by atoms with van der Waals surface area (Å²) in [6.45, 7) is 1.40. The fourth-order valence-electron chi connectivity index (χ4n) is 1.69. The number of halogens is 4. The predicted octanol–water partition coefficient (Wildman–Crippen LogP) is 4.01. The summed E-state index contributed by atoms with van der Waals surface area (Å²) in [7, 11) is 0. The molecule has 1 aromatic heterocycles. The van der Waals surface area contributed by atoms with Gasteiger partial charge in [-0.25, -0.2) is 14.2 Å². The highest BCUT2D eigenvalue weighted by atomic mass is 19.4. The molecule has 8 heteroatoms. The summed E-state index contributed by atoms with van der Waals surface area (Å²) in [4.78, 5) is 14.4. The third kappa shape index (κ3) is 3.33. The van der Waals surface area contributed by atoms with E-state index in [2.05, 4.69) is 4.98 Å². The Morgan fingerprint density at radius 1 is 1.32 bits per heavy atom. The van der Waals surface area contributed by atoms with E-state index >= 15 is 0 Å². The number of hydrogen-bond donors (Lipinski definition) is 1. The molecule has 0 radical (unpaired) electrons. The molecular weight excluding hydrogens is 306 g/mol. The Bertz CT molecular complexity index is 747. The van der Waals surface area contributed by atoms with Crippen LogP contribution in [-0.4, -0.2) is 16.1 Å². The fraction of sp³-hybridized carbons (Fsp3) is 0.143. The van der Waals surface area contributed by atoms with Crippen molar-refractivity contribution < 1.29 is 31.9 Å². The summed E-state index contributed by atoms with van der Waals surface area (Å²) in [6, 6.07) is 2.08. The van der Waals surface area contributed by atoms with Gasteiger partial charge >= 0.3 is 12.1 Å². The first kappa shape index (κ1) is 15.7. The van der Waals surface area contributed by atoms with E-state index in [0.717, 1.165) is 18.2 Å². The smallest absolute Gasteiger partial charge is 0.416 e. The van der Waals surface area contributed by atoms with Crippen LogP contribution in [0, 0.1) is 12.7 Å². The molecule has 1 aromatic carbocycles. The monoisotopic (exact) mass is 315 g/mol. The first-order valence-electron chi connectivity index (χ1n) is 5.94. The summed E-state index contributed by atoms with van der Waals surface area (Å²) in [5, 5.41) is 8.80. The van der Waals surface area contributed by atoms with Crippen molar-refractivity contribution in [3.63, 3.8) is 0 Å². The number of carboxylic acid groups (broad SMARTS) is 1. The zero-order chi connectivity index (χ0) is 16.5. The number of alkyl halides is 3. The average Bonchev–Trinajstić information content (AvgIpc) is 2.77. The van der Waals surface area contributed by atoms with E-state index in [9.17, 15) is 22.4 Å². The Labute approximate surface area is 121 Å². The third-order valence-corrected chi connectivity index (χ3v) is 2.75. The maximum Gasteiger partial charge on any atom is 0.416 e. The summed E-state index contributed by atoms with van der Waals surface area (Å²) in [6.07, 6.45) is -2.31. The molecule has 116 valence electrons. The number of oxazole rings is 1. The molecule has 0 atom stereocenters. The van der Waals surface area contributed by atoms with Gasteiger partial charge < -0.3 is 9.52 Å². The van der Waals surface area contributed by atoms with E-state index in [4.69, 9.17) is 9.52 Å². The number of nitrogens with zero attached hydrogens (tertiary/aromatic N) is 1. The van der Waals surface area contributed by atoms with Crippen LogP contribution in [-0.2, 0) is 6.18 Å². The molecule has 0 aliphatic carbocycles. The summed E-state index contributed by atoms with van der Waals surface area (Å²) in [5.74, 6) is -2.36. The molecule has 1 N–H and O–H groups in total. The quantitative estimate of drug-likeness (QED) is 0.869. The van der Waals surface area contributed by atoms with Gasteiger partial charge in [0.25, 0.3) is 0 Å². The molecule has 0 spiro atoms. The summed E-state index contributed by atoms with van der Waals surface area (Å²) in [5.41, 5.74) is -1.49. The molecule has 0 amide bonds. The number of aromatic carboxylic acids is 1. The van der Waals surface area contributed by atoms with Crippen LogP contribution in [0.25, 0.3) is 12.2 Å². The third-order valence-electron chi connectivity index (χ3n) is 2.75. The van der Waals surface area contributed by atoms with Gasteiger partial charge in [0, 0.05) is 11.6 Å². The molecule has 2 aromatic rings. The van der Waals surface area contributed by atoms with Crippen molar-refractivity contribution in [1.29, 1.82) is 0 Å². The molecule has 0 bridgehead atoms. The van der Waals surface area contributed by atoms with Crippen LogP contribution in [0.1, 0.15) is 33.3 Å². The van der Waals surface area contributed by atoms with Gasteiger partial charge in [-0.05, 0) is 25.1 Å². The number of aromatic nitrogens is 1. The Hall–Kier alpha value is -2.64. The van der Waals surface area contributed by atoms with E-state index in [1.807, 2.05) is 0 Å². The van der Waals surface area contributed by atoms with E-state index < -0.39 is 23.5 Å². The van der Waals surface area contributed by atoms with Crippen molar-refractivity contribution in [2.75, 3.05) is 0 Å². The molecule has 4 nitrogen and oxygen atoms in total. The van der Waals surface area contributed by atoms with Crippen molar-refractivity contribution >= 4 is 18.1 Å². The second-order valence-electron chi connectivity index (χ2n) is 4.33. The highest BCUT2D eigenvalue weighted by molar-refractivity contribution is 5.86. The first-order valence-corrected chi connectivity index (χ1v) is 5.94. The number of carbonyl (C=O) groups is 1. The summed E-state index contributed by atoms with van der Waals surface area (Å²) >= 11 is 0. The van der Waals surface area contributed by atoms with Gasteiger partial charge in [0.1, 0.15) is 11.6 Å². The van der Waals surface area contributed by atoms with Crippen LogP contribution in [0.3, 0.4) is 0 Å². The first-order chi connectivity index (χ1) is 10.2. The standard InChI is InChI=1S/C14H9F4NO3/c1-7-12(13(20)21)19-11(22-7)5-3-8-2-4-9(6-10(8)15)14(16,17)18/h2-6H,1H3,(H,20,21). The lowest BCUT2D eigenvalue weighted by Crippen LogP contribution is -2.05. The van der Waals surface area contributed by atoms with Crippen LogP contribution in [0.15, 0.2) is 22.6 Å². The second-order valence-corrected chi connectivity index (χ2v) is 4.33. The number of rotatable bonds is 3. The topological polar surface area (TPSA) is 63.3 Å². The zero-order valence-electron chi connectivity index (χ0n) is 11.1. The molecule has 0 saturated heterocycles. The van der Waals surface area contributed by atoms with Crippen LogP contribution >= 0.6 is 0 Å². The van der Waals surface area contributed by atoms with Gasteiger partial charge in [-0.15, -0.1) is 0 Å². The highest BCUT2D eigenvalue weighted by Gasteiger charge is 2.30. The number of carboxylic acids is 1. The number of aryl methyl sites for hydroxylation is 1. The van der Waals surface area contributed by atoms with Crippen molar-refractivity contribution in [3.8, 4) is 0 Å². The highest BCUT2D eigenvalue weighted by Crippen LogP contribution is 2.30. The Kier molecular flexibility index (Phi) is 4.03. The SMILES string of the molecule is Cc1oc(C=Cc2ccc(C(F)(F)F)cc2F)nc1C(=O)O. The van der Waals surface area contributed by atoms with E-state index in [1.165, 1.54) is 13.0 Å². The minimum absolute atomic E-state index is 0.0695. The van der Waals surface area contributed by atoms with Crippen molar-refractivity contribution in [2.45, 2.75) is 13.1 Å². The number of benzene rings is 1. The van der Waals surface area contributed by atoms with Crippen LogP contribution in [0.5, 0.6) is 0 Å². The number of hydrogen-bond acceptors (Lipinski definition) is 3. The maximum atomic E-state index is 13.6. The normalized spacial score (nSPS) is 12.0. The lowest BCUT2D eigenvalue weighted by molar-refractivity contribution is -0.137. The Morgan fingerprint density at radius 2 is 2.00 bits per heavy atom. The minimum Gasteiger partial charge on any atom is -0.476 e. The molecule has 22 heavy (non-hydrogen) atoms. The largest absolute Gasteiger partial charge is 0.476 e. The van der Waals surface area contributed by atoms with Gasteiger partial charge in [-0.2, -0.15) is 13.2 Å². The van der Waals surface area contributed by atoms with Gasteiger partial charge in [-0.1, -0.05) is 6.07 Å². The lowest BCUT2D eigenvalue weighted by atomic mass is 10.1. The molecule has 0 fully saturated rings. The molecular formula is C14H9F4NO3. The van der Waals surface area contributed by atoms with E-state index in [0.29, 0.717) is 6.07 Å². The predicted molar refractivity (Wildman–Crippen MR) is 68.5 cm³/mol. The van der Waals surface area contributed by atoms with Crippen molar-refractivity contribution in [2.24, 2.45) is 0 Å². The van der Waals surface area contributed by atoms with Crippen LogP contribution in [0.4, 0.5) is 17.6 Å². The fourth-order valence-corrected chi connectivity index (χ4v) is 1.69. The maximum absolute atomic E-state index is 13.6. The van der Waals surface area contributed by atoms with Gasteiger partial charge in [0.2, 0.25) is 5.89 Å². The van der Waals surface area contributed by atoms with E-state index in [-0.39, 0.29) is 22.9 Å². The van der Waals surface area contributed by atoms with E-state index in [1.54, 1.807) is 0 Å². The summed E-state index contributed by atoms with van der Waals surface area (Å²) < 4.78 is 55.9. The van der Waals surface area contributed by atoms with Crippen LogP contribution in [0.2, 0.25) is 0 Å². The molecule has 0 aliphatic heterocycles. The average molecular weight is 315 g/mol. The van der Waals surface area contributed by atoms with Crippen molar-refractivity contribution in [3.05, 3.63) is 52.5 Å². The lowest BCUT2D eigenvalue weighted by Gasteiger charge is -2.07. The van der Waals surface area contributed by atoms with Crippen LogP contribution < -0.4 is 0 Å². The van der Waals surface area contributed by atoms with Gasteiger partial charge in [0.15, 0.2) is 5.69 Å². The second kappa shape index (κ2) is 5.63. The van der Waals surface area contributed by atoms with Gasteiger partial charge in [-0.3, -0.25) is 0 Å². The van der Waals surface area contributed by atoms with Gasteiger partial charge in [0.05, 0.1) is 5.56 Å². The molecule has 2 rings (SSSR count). The Balaban J connectivity index is 2.27. The molecule has 0 aliphatic rings. The van der Waals surface area contributed by atoms with Crippen molar-refractivity contribution in [1.82, 2.24) is 4.98 Å². The zero-order valence-corrected chi connectivity index (χ0v) is 11.1. The minimum atomic E-state index is -4.63. The molecule has 1 heterocycles. The molecule has 0 saturated carbocycles. The Morgan fingerprint density at radius 3 is 2.50 bits per heavy atom. The molecule has 0 unspecified atom stereocenters.